The summed E-state index contributed by atoms with van der Waals surface area (Å²) < 4.78 is 53.7. The molecule has 9 heteroatoms. The lowest BCUT2D eigenvalue weighted by molar-refractivity contribution is 0.156. The van der Waals surface area contributed by atoms with Crippen LogP contribution in [0.25, 0.3) is 0 Å². The Morgan fingerprint density at radius 1 is 0.647 bits per heavy atom. The molecule has 7 nitrogen and oxygen atoms in total. The van der Waals surface area contributed by atoms with Gasteiger partial charge in [-0.2, -0.15) is 4.31 Å². The molecule has 0 unspecified atom stereocenters. The smallest absolute Gasteiger partial charge is 0.243 e. The fraction of sp³-hybridized carbons (Fsp3) is 0.280. The summed E-state index contributed by atoms with van der Waals surface area (Å²) in [4.78, 5) is 2.47. The Bertz CT molecular complexity index is 1260. The van der Waals surface area contributed by atoms with Gasteiger partial charge in [0.15, 0.2) is 0 Å². The van der Waals surface area contributed by atoms with E-state index in [0.29, 0.717) is 26.2 Å². The number of hydrogen-bond acceptors (Lipinski definition) is 5. The normalized spacial score (nSPS) is 16.2. The summed E-state index contributed by atoms with van der Waals surface area (Å²) in [5, 5.41) is 0. The van der Waals surface area contributed by atoms with Gasteiger partial charge in [-0.3, -0.25) is 4.90 Å². The second-order valence-corrected chi connectivity index (χ2v) is 12.5. The first-order valence-corrected chi connectivity index (χ1v) is 14.0. The van der Waals surface area contributed by atoms with Gasteiger partial charge in [0, 0.05) is 40.3 Å². The summed E-state index contributed by atoms with van der Waals surface area (Å²) >= 11 is 0. The van der Waals surface area contributed by atoms with Crippen molar-refractivity contribution in [2.45, 2.75) is 15.8 Å². The van der Waals surface area contributed by atoms with E-state index in [0.717, 1.165) is 4.31 Å². The molecule has 0 amide bonds. The molecule has 0 radical (unpaired) electrons. The molecule has 1 heterocycles. The minimum atomic E-state index is -3.72. The maximum absolute atomic E-state index is 13.2. The predicted molar refractivity (Wildman–Crippen MR) is 132 cm³/mol. The Morgan fingerprint density at radius 2 is 1.09 bits per heavy atom. The van der Waals surface area contributed by atoms with E-state index in [9.17, 15) is 16.8 Å². The molecule has 0 spiro atoms. The quantitative estimate of drug-likeness (QED) is 0.499. The zero-order valence-electron chi connectivity index (χ0n) is 19.3. The Morgan fingerprint density at radius 3 is 1.53 bits per heavy atom. The average molecular weight is 500 g/mol. The molecule has 0 bridgehead atoms. The van der Waals surface area contributed by atoms with Gasteiger partial charge >= 0.3 is 0 Å². The van der Waals surface area contributed by atoms with Crippen molar-refractivity contribution in [2.75, 3.05) is 40.3 Å². The van der Waals surface area contributed by atoms with Gasteiger partial charge in [-0.15, -0.1) is 0 Å². The first-order chi connectivity index (χ1) is 16.2. The summed E-state index contributed by atoms with van der Waals surface area (Å²) in [6.07, 6.45) is 0. The van der Waals surface area contributed by atoms with Crippen LogP contribution < -0.4 is 0 Å². The molecule has 0 atom stereocenters. The molecule has 180 valence electrons. The van der Waals surface area contributed by atoms with Gasteiger partial charge in [-0.05, 0) is 35.4 Å². The SMILES string of the molecule is CN(C)S(=O)(=O)c1ccc(S(=O)(=O)N2CCN(C(c3ccccc3)c3ccccc3)CC2)cc1. The summed E-state index contributed by atoms with van der Waals surface area (Å²) in [5.74, 6) is 0. The number of benzene rings is 3. The molecule has 34 heavy (non-hydrogen) atoms. The Labute approximate surface area is 202 Å². The molecule has 1 aliphatic rings. The van der Waals surface area contributed by atoms with Crippen molar-refractivity contribution >= 4 is 20.0 Å². The van der Waals surface area contributed by atoms with Crippen LogP contribution in [-0.4, -0.2) is 70.6 Å². The lowest BCUT2D eigenvalue weighted by atomic mass is 9.96. The Balaban J connectivity index is 1.52. The van der Waals surface area contributed by atoms with Crippen molar-refractivity contribution in [3.8, 4) is 0 Å². The van der Waals surface area contributed by atoms with Crippen LogP contribution in [0.3, 0.4) is 0 Å². The van der Waals surface area contributed by atoms with Crippen LogP contribution in [0.4, 0.5) is 0 Å². The lowest BCUT2D eigenvalue weighted by Gasteiger charge is -2.39. The van der Waals surface area contributed by atoms with Crippen LogP contribution in [0.5, 0.6) is 0 Å². The van der Waals surface area contributed by atoms with Gasteiger partial charge in [0.1, 0.15) is 0 Å². The zero-order chi connectivity index (χ0) is 24.3. The third-order valence-electron chi connectivity index (χ3n) is 6.11. The number of rotatable bonds is 7. The van der Waals surface area contributed by atoms with Gasteiger partial charge in [-0.25, -0.2) is 21.1 Å². The fourth-order valence-corrected chi connectivity index (χ4v) is 6.55. The van der Waals surface area contributed by atoms with E-state index < -0.39 is 20.0 Å². The van der Waals surface area contributed by atoms with E-state index in [-0.39, 0.29) is 15.8 Å². The molecule has 0 aliphatic carbocycles. The Hall–Kier alpha value is -2.56. The Kier molecular flexibility index (Phi) is 7.20. The molecule has 0 N–H and O–H groups in total. The summed E-state index contributed by atoms with van der Waals surface area (Å²) in [5.41, 5.74) is 2.34. The molecule has 3 aromatic carbocycles. The molecule has 1 saturated heterocycles. The highest BCUT2D eigenvalue weighted by Crippen LogP contribution is 2.30. The maximum atomic E-state index is 13.2. The van der Waals surface area contributed by atoms with E-state index >= 15 is 0 Å². The summed E-state index contributed by atoms with van der Waals surface area (Å²) in [7, 11) is -4.46. The van der Waals surface area contributed by atoms with Gasteiger partial charge in [-0.1, -0.05) is 60.7 Å². The van der Waals surface area contributed by atoms with Crippen LogP contribution in [0, 0.1) is 0 Å². The first kappa shape index (κ1) is 24.6. The lowest BCUT2D eigenvalue weighted by Crippen LogP contribution is -2.49. The molecule has 4 rings (SSSR count). The van der Waals surface area contributed by atoms with Crippen molar-refractivity contribution in [3.63, 3.8) is 0 Å². The molecule has 3 aromatic rings. The molecule has 1 fully saturated rings. The van der Waals surface area contributed by atoms with Crippen molar-refractivity contribution < 1.29 is 16.8 Å². The minimum Gasteiger partial charge on any atom is -0.290 e. The van der Waals surface area contributed by atoms with Crippen LogP contribution in [0.15, 0.2) is 94.7 Å². The van der Waals surface area contributed by atoms with E-state index in [1.54, 1.807) is 0 Å². The second kappa shape index (κ2) is 9.97. The monoisotopic (exact) mass is 499 g/mol. The topological polar surface area (TPSA) is 78.0 Å². The highest BCUT2D eigenvalue weighted by atomic mass is 32.2. The second-order valence-electron chi connectivity index (χ2n) is 8.42. The fourth-order valence-electron chi connectivity index (χ4n) is 4.23. The van der Waals surface area contributed by atoms with Crippen molar-refractivity contribution in [1.82, 2.24) is 13.5 Å². The average Bonchev–Trinajstić information content (AvgIpc) is 2.86. The molecule has 0 saturated carbocycles. The predicted octanol–water partition coefficient (Wildman–Crippen LogP) is 3.03. The van der Waals surface area contributed by atoms with Crippen LogP contribution in [0.2, 0.25) is 0 Å². The van der Waals surface area contributed by atoms with Crippen LogP contribution in [-0.2, 0) is 20.0 Å². The third-order valence-corrected chi connectivity index (χ3v) is 9.85. The maximum Gasteiger partial charge on any atom is 0.243 e. The highest BCUT2D eigenvalue weighted by molar-refractivity contribution is 7.89. The standard InChI is InChI=1S/C25H29N3O4S2/c1-26(2)33(29,30)23-13-15-24(16-14-23)34(31,32)28-19-17-27(18-20-28)25(21-9-5-3-6-10-21)22-11-7-4-8-12-22/h3-16,25H,17-20H2,1-2H3. The van der Waals surface area contributed by atoms with Crippen LogP contribution >= 0.6 is 0 Å². The van der Waals surface area contributed by atoms with Crippen LogP contribution in [0.1, 0.15) is 17.2 Å². The van der Waals surface area contributed by atoms with E-state index in [1.807, 2.05) is 36.4 Å². The molecule has 0 aromatic heterocycles. The summed E-state index contributed by atoms with van der Waals surface area (Å²) in [6, 6.07) is 25.9. The van der Waals surface area contributed by atoms with Crippen molar-refractivity contribution in [2.24, 2.45) is 0 Å². The zero-order valence-corrected chi connectivity index (χ0v) is 20.9. The number of sulfonamides is 2. The largest absolute Gasteiger partial charge is 0.290 e. The number of hydrogen-bond donors (Lipinski definition) is 0. The van der Waals surface area contributed by atoms with Gasteiger partial charge in [0.2, 0.25) is 20.0 Å². The molecular weight excluding hydrogens is 470 g/mol. The van der Waals surface area contributed by atoms with E-state index in [2.05, 4.69) is 29.2 Å². The molecular formula is C25H29N3O4S2. The summed E-state index contributed by atoms with van der Waals surface area (Å²) in [6.45, 7) is 1.88. The minimum absolute atomic E-state index is 0.0442. The third kappa shape index (κ3) is 4.94. The molecule has 1 aliphatic heterocycles. The van der Waals surface area contributed by atoms with E-state index in [4.69, 9.17) is 0 Å². The number of nitrogens with zero attached hydrogens (tertiary/aromatic N) is 3. The van der Waals surface area contributed by atoms with Gasteiger partial charge in [0.05, 0.1) is 15.8 Å². The van der Waals surface area contributed by atoms with E-state index in [1.165, 1.54) is 53.8 Å². The first-order valence-electron chi connectivity index (χ1n) is 11.1. The van der Waals surface area contributed by atoms with Gasteiger partial charge in [0.25, 0.3) is 0 Å². The number of piperazine rings is 1. The van der Waals surface area contributed by atoms with Crippen molar-refractivity contribution in [3.05, 3.63) is 96.1 Å². The van der Waals surface area contributed by atoms with Crippen molar-refractivity contribution in [1.29, 1.82) is 0 Å². The van der Waals surface area contributed by atoms with Gasteiger partial charge < -0.3 is 0 Å². The highest BCUT2D eigenvalue weighted by Gasteiger charge is 2.32.